The number of rotatable bonds is 5. The van der Waals surface area contributed by atoms with Gasteiger partial charge in [0.05, 0.1) is 13.1 Å². The Labute approximate surface area is 162 Å². The molecule has 0 spiro atoms. The van der Waals surface area contributed by atoms with Crippen molar-refractivity contribution in [2.45, 2.75) is 23.7 Å². The van der Waals surface area contributed by atoms with Crippen LogP contribution in [0.1, 0.15) is 5.56 Å². The van der Waals surface area contributed by atoms with Crippen LogP contribution < -0.4 is 10.5 Å². The summed E-state index contributed by atoms with van der Waals surface area (Å²) in [5, 5.41) is 10.6. The fourth-order valence-electron chi connectivity index (χ4n) is 2.91. The molecule has 1 saturated heterocycles. The third-order valence-corrected chi connectivity index (χ3v) is 6.31. The summed E-state index contributed by atoms with van der Waals surface area (Å²) in [5.74, 6) is -0.704. The van der Waals surface area contributed by atoms with Crippen LogP contribution in [-0.2, 0) is 10.0 Å². The number of ether oxygens (including phenoxy) is 1. The van der Waals surface area contributed by atoms with E-state index < -0.39 is 27.5 Å². The van der Waals surface area contributed by atoms with Crippen LogP contribution >= 0.6 is 0 Å². The van der Waals surface area contributed by atoms with Gasteiger partial charge < -0.3 is 15.6 Å². The molecule has 0 saturated carbocycles. The molecule has 2 aromatic rings. The van der Waals surface area contributed by atoms with Crippen molar-refractivity contribution in [3.05, 3.63) is 59.3 Å². The number of nitrogens with zero attached hydrogens (tertiary/aromatic N) is 3. The van der Waals surface area contributed by atoms with Gasteiger partial charge in [-0.25, -0.2) is 22.6 Å². The number of β-amino-alcohol motifs (C(OH)–C–C–N with tert-alkyl or cyclic N) is 1. The minimum atomic E-state index is -3.97. The SMILES string of the molecule is [C-]#[N+]c1ccc(O[C@H]2CN(S(=O)(=O)c3ccc(C)cn3)C[C@@]2(O)CN)cc1F. The largest absolute Gasteiger partial charge is 0.486 e. The lowest BCUT2D eigenvalue weighted by Gasteiger charge is -2.27. The standard InChI is InChI=1S/C18H19FN4O4S/c1-12-3-6-17(22-8-12)28(25,26)23-9-16(18(24,10-20)11-23)27-13-4-5-15(21-2)14(19)7-13/h3-8,16,24H,9-11,20H2,1H3/t16-,18-/m0/s1. The highest BCUT2D eigenvalue weighted by molar-refractivity contribution is 7.89. The molecule has 1 aliphatic heterocycles. The van der Waals surface area contributed by atoms with Crippen molar-refractivity contribution in [3.63, 3.8) is 0 Å². The molecule has 1 fully saturated rings. The Morgan fingerprint density at radius 2 is 2.21 bits per heavy atom. The van der Waals surface area contributed by atoms with E-state index in [1.54, 1.807) is 13.0 Å². The summed E-state index contributed by atoms with van der Waals surface area (Å²) in [6.07, 6.45) is 0.421. The predicted molar refractivity (Wildman–Crippen MR) is 98.8 cm³/mol. The fraction of sp³-hybridized carbons (Fsp3) is 0.333. The molecule has 10 heteroatoms. The summed E-state index contributed by atoms with van der Waals surface area (Å²) in [6, 6.07) is 6.66. The first-order chi connectivity index (χ1) is 13.2. The fourth-order valence-corrected chi connectivity index (χ4v) is 4.32. The minimum Gasteiger partial charge on any atom is -0.486 e. The molecule has 2 heterocycles. The van der Waals surface area contributed by atoms with Crippen LogP contribution in [0, 0.1) is 19.3 Å². The number of halogens is 1. The van der Waals surface area contributed by atoms with Crippen molar-refractivity contribution in [2.24, 2.45) is 5.73 Å². The third-order valence-electron chi connectivity index (χ3n) is 4.58. The van der Waals surface area contributed by atoms with Gasteiger partial charge in [-0.1, -0.05) is 6.07 Å². The number of aryl methyl sites for hydroxylation is 1. The highest BCUT2D eigenvalue weighted by Gasteiger charge is 2.50. The van der Waals surface area contributed by atoms with E-state index in [1.807, 2.05) is 0 Å². The van der Waals surface area contributed by atoms with Gasteiger partial charge >= 0.3 is 0 Å². The maximum Gasteiger partial charge on any atom is 0.260 e. The summed E-state index contributed by atoms with van der Waals surface area (Å²) in [6.45, 7) is 7.93. The summed E-state index contributed by atoms with van der Waals surface area (Å²) in [5.41, 5.74) is 4.66. The summed E-state index contributed by atoms with van der Waals surface area (Å²) >= 11 is 0. The number of nitrogens with two attached hydrogens (primary N) is 1. The smallest absolute Gasteiger partial charge is 0.260 e. The predicted octanol–water partition coefficient (Wildman–Crippen LogP) is 1.22. The van der Waals surface area contributed by atoms with Crippen molar-refractivity contribution in [1.29, 1.82) is 0 Å². The van der Waals surface area contributed by atoms with Crippen LogP contribution in [-0.4, -0.2) is 54.2 Å². The molecular weight excluding hydrogens is 387 g/mol. The topological polar surface area (TPSA) is 110 Å². The first-order valence-electron chi connectivity index (χ1n) is 8.38. The van der Waals surface area contributed by atoms with Crippen LogP contribution in [0.3, 0.4) is 0 Å². The Balaban J connectivity index is 1.86. The lowest BCUT2D eigenvalue weighted by atomic mass is 10.0. The van der Waals surface area contributed by atoms with Crippen LogP contribution in [0.5, 0.6) is 5.75 Å². The Morgan fingerprint density at radius 1 is 1.46 bits per heavy atom. The first-order valence-corrected chi connectivity index (χ1v) is 9.82. The van der Waals surface area contributed by atoms with E-state index in [4.69, 9.17) is 17.0 Å². The molecule has 3 rings (SSSR count). The Hall–Kier alpha value is -2.58. The summed E-state index contributed by atoms with van der Waals surface area (Å²) in [7, 11) is -3.97. The normalized spacial score (nSPS) is 22.8. The average Bonchev–Trinajstić information content (AvgIpc) is 3.00. The van der Waals surface area contributed by atoms with Gasteiger partial charge in [-0.2, -0.15) is 4.31 Å². The summed E-state index contributed by atoms with van der Waals surface area (Å²) < 4.78 is 46.2. The van der Waals surface area contributed by atoms with Gasteiger partial charge in [0.2, 0.25) is 5.69 Å². The van der Waals surface area contributed by atoms with E-state index in [1.165, 1.54) is 24.4 Å². The van der Waals surface area contributed by atoms with Crippen LogP contribution in [0.15, 0.2) is 41.6 Å². The van der Waals surface area contributed by atoms with Crippen LogP contribution in [0.4, 0.5) is 10.1 Å². The van der Waals surface area contributed by atoms with Gasteiger partial charge in [-0.05, 0) is 30.7 Å². The molecule has 148 valence electrons. The second-order valence-corrected chi connectivity index (χ2v) is 8.50. The molecule has 1 aliphatic rings. The van der Waals surface area contributed by atoms with Gasteiger partial charge in [-0.3, -0.25) is 0 Å². The Kier molecular flexibility index (Phi) is 5.36. The van der Waals surface area contributed by atoms with Gasteiger partial charge in [0, 0.05) is 25.4 Å². The van der Waals surface area contributed by atoms with E-state index in [9.17, 15) is 17.9 Å². The highest BCUT2D eigenvalue weighted by atomic mass is 32.2. The number of sulfonamides is 1. The molecule has 28 heavy (non-hydrogen) atoms. The molecule has 1 aromatic carbocycles. The van der Waals surface area contributed by atoms with E-state index in [2.05, 4.69) is 9.83 Å². The van der Waals surface area contributed by atoms with Crippen molar-refractivity contribution >= 4 is 15.7 Å². The zero-order chi connectivity index (χ0) is 20.5. The van der Waals surface area contributed by atoms with E-state index in [0.29, 0.717) is 0 Å². The Morgan fingerprint density at radius 3 is 2.79 bits per heavy atom. The number of pyridine rings is 1. The second kappa shape index (κ2) is 7.44. The van der Waals surface area contributed by atoms with Gasteiger partial charge in [0.1, 0.15) is 23.3 Å². The van der Waals surface area contributed by atoms with Crippen molar-refractivity contribution in [3.8, 4) is 5.75 Å². The van der Waals surface area contributed by atoms with Crippen molar-refractivity contribution in [2.75, 3.05) is 19.6 Å². The number of hydrogen-bond acceptors (Lipinski definition) is 6. The lowest BCUT2D eigenvalue weighted by Crippen LogP contribution is -2.50. The van der Waals surface area contributed by atoms with Crippen molar-refractivity contribution in [1.82, 2.24) is 9.29 Å². The number of benzene rings is 1. The molecule has 2 atom stereocenters. The quantitative estimate of drug-likeness (QED) is 0.723. The molecule has 1 aromatic heterocycles. The summed E-state index contributed by atoms with van der Waals surface area (Å²) in [4.78, 5) is 6.97. The monoisotopic (exact) mass is 406 g/mol. The lowest BCUT2D eigenvalue weighted by molar-refractivity contribution is -0.0200. The molecule has 0 radical (unpaired) electrons. The second-order valence-electron chi connectivity index (χ2n) is 6.61. The van der Waals surface area contributed by atoms with E-state index in [-0.39, 0.29) is 36.1 Å². The third kappa shape index (κ3) is 3.70. The maximum atomic E-state index is 13.8. The van der Waals surface area contributed by atoms with E-state index >= 15 is 0 Å². The number of aromatic nitrogens is 1. The highest BCUT2D eigenvalue weighted by Crippen LogP contribution is 2.31. The molecule has 3 N–H and O–H groups in total. The molecule has 0 amide bonds. The molecule has 0 unspecified atom stereocenters. The van der Waals surface area contributed by atoms with Gasteiger partial charge in [0.15, 0.2) is 5.03 Å². The minimum absolute atomic E-state index is 0.0643. The molecular formula is C18H19FN4O4S. The van der Waals surface area contributed by atoms with Crippen molar-refractivity contribution < 1.29 is 22.7 Å². The van der Waals surface area contributed by atoms with Crippen LogP contribution in [0.25, 0.3) is 4.85 Å². The first kappa shape index (κ1) is 20.2. The molecule has 0 aliphatic carbocycles. The average molecular weight is 406 g/mol. The van der Waals surface area contributed by atoms with Gasteiger partial charge in [0.25, 0.3) is 10.0 Å². The molecule has 0 bridgehead atoms. The zero-order valence-corrected chi connectivity index (χ0v) is 15.9. The van der Waals surface area contributed by atoms with Gasteiger partial charge in [-0.15, -0.1) is 0 Å². The number of hydrogen-bond donors (Lipinski definition) is 2. The van der Waals surface area contributed by atoms with E-state index in [0.717, 1.165) is 15.9 Å². The van der Waals surface area contributed by atoms with Crippen LogP contribution in [0.2, 0.25) is 0 Å². The maximum absolute atomic E-state index is 13.8. The number of aliphatic hydroxyl groups is 1. The Bertz CT molecular complexity index is 1020. The zero-order valence-electron chi connectivity index (χ0n) is 15.0. The molecule has 8 nitrogen and oxygen atoms in total.